The lowest BCUT2D eigenvalue weighted by molar-refractivity contribution is 0.238. The summed E-state index contributed by atoms with van der Waals surface area (Å²) >= 11 is 0. The molecule has 2 N–H and O–H groups in total. The Morgan fingerprint density at radius 2 is 1.67 bits per heavy atom. The van der Waals surface area contributed by atoms with E-state index in [9.17, 15) is 0 Å². The molecule has 1 rings (SSSR count). The van der Waals surface area contributed by atoms with Gasteiger partial charge in [0.25, 0.3) is 0 Å². The lowest BCUT2D eigenvalue weighted by atomic mass is 9.87. The normalized spacial score (nSPS) is 35.2. The van der Waals surface area contributed by atoms with Gasteiger partial charge in [0.1, 0.15) is 0 Å². The third-order valence-corrected chi connectivity index (χ3v) is 3.00. The van der Waals surface area contributed by atoms with Gasteiger partial charge in [0.15, 0.2) is 0 Å². The van der Waals surface area contributed by atoms with Crippen molar-refractivity contribution < 1.29 is 10.2 Å². The quantitative estimate of drug-likeness (QED) is 0.673. The Bertz CT molecular complexity index is 148. The van der Waals surface area contributed by atoms with Gasteiger partial charge in [0, 0.05) is 13.2 Å². The molecular weight excluding hydrogens is 152 g/mol. The van der Waals surface area contributed by atoms with Crippen LogP contribution in [-0.4, -0.2) is 23.4 Å². The standard InChI is InChI=1S/C10H20O2/c1-10(2,3)9-7(4-5-11)8(9)6-12/h7-9,11-12H,4-6H2,1-3H3/t7?,8-,9+/m0/s1. The molecule has 0 aromatic carbocycles. The Morgan fingerprint density at radius 1 is 1.08 bits per heavy atom. The van der Waals surface area contributed by atoms with E-state index in [-0.39, 0.29) is 18.6 Å². The summed E-state index contributed by atoms with van der Waals surface area (Å²) in [5, 5.41) is 17.8. The Labute approximate surface area is 74.6 Å². The number of hydrogen-bond donors (Lipinski definition) is 2. The van der Waals surface area contributed by atoms with Crippen molar-refractivity contribution in [2.75, 3.05) is 13.2 Å². The molecule has 0 amide bonds. The molecule has 2 heteroatoms. The van der Waals surface area contributed by atoms with Gasteiger partial charge in [0.05, 0.1) is 0 Å². The second kappa shape index (κ2) is 3.35. The molecule has 1 unspecified atom stereocenters. The highest BCUT2D eigenvalue weighted by molar-refractivity contribution is 5.01. The second-order valence-corrected chi connectivity index (χ2v) is 4.91. The first-order valence-electron chi connectivity index (χ1n) is 4.74. The largest absolute Gasteiger partial charge is 0.396 e. The highest BCUT2D eigenvalue weighted by Crippen LogP contribution is 2.57. The zero-order chi connectivity index (χ0) is 9.35. The summed E-state index contributed by atoms with van der Waals surface area (Å²) < 4.78 is 0. The molecule has 0 radical (unpaired) electrons. The van der Waals surface area contributed by atoms with Crippen LogP contribution < -0.4 is 0 Å². The third-order valence-electron chi connectivity index (χ3n) is 3.00. The predicted molar refractivity (Wildman–Crippen MR) is 48.7 cm³/mol. The van der Waals surface area contributed by atoms with Gasteiger partial charge >= 0.3 is 0 Å². The summed E-state index contributed by atoms with van der Waals surface area (Å²) in [5.74, 6) is 1.60. The molecule has 12 heavy (non-hydrogen) atoms. The lowest BCUT2D eigenvalue weighted by Gasteiger charge is -2.18. The van der Waals surface area contributed by atoms with Crippen molar-refractivity contribution in [3.05, 3.63) is 0 Å². The van der Waals surface area contributed by atoms with Crippen LogP contribution in [0.5, 0.6) is 0 Å². The molecule has 1 aliphatic rings. The second-order valence-electron chi connectivity index (χ2n) is 4.91. The van der Waals surface area contributed by atoms with Crippen LogP contribution in [0.15, 0.2) is 0 Å². The van der Waals surface area contributed by atoms with E-state index in [4.69, 9.17) is 10.2 Å². The number of aliphatic hydroxyl groups excluding tert-OH is 2. The lowest BCUT2D eigenvalue weighted by Crippen LogP contribution is -2.11. The maximum Gasteiger partial charge on any atom is 0.0464 e. The molecular formula is C10H20O2. The van der Waals surface area contributed by atoms with Crippen molar-refractivity contribution in [1.82, 2.24) is 0 Å². The first kappa shape index (κ1) is 10.0. The molecule has 0 spiro atoms. The summed E-state index contributed by atoms with van der Waals surface area (Å²) in [4.78, 5) is 0. The fourth-order valence-electron chi connectivity index (χ4n) is 2.52. The molecule has 0 heterocycles. The average molecular weight is 172 g/mol. The van der Waals surface area contributed by atoms with Gasteiger partial charge in [-0.3, -0.25) is 0 Å². The Balaban J connectivity index is 2.47. The molecule has 0 aromatic heterocycles. The molecule has 0 saturated heterocycles. The maximum absolute atomic E-state index is 9.06. The van der Waals surface area contributed by atoms with E-state index in [1.165, 1.54) is 0 Å². The zero-order valence-electron chi connectivity index (χ0n) is 8.25. The van der Waals surface area contributed by atoms with Crippen molar-refractivity contribution in [2.24, 2.45) is 23.2 Å². The van der Waals surface area contributed by atoms with Crippen LogP contribution in [0.25, 0.3) is 0 Å². The molecule has 3 atom stereocenters. The molecule has 1 saturated carbocycles. The van der Waals surface area contributed by atoms with Gasteiger partial charge in [-0.1, -0.05) is 20.8 Å². The molecule has 2 nitrogen and oxygen atoms in total. The monoisotopic (exact) mass is 172 g/mol. The van der Waals surface area contributed by atoms with Gasteiger partial charge in [-0.15, -0.1) is 0 Å². The van der Waals surface area contributed by atoms with Crippen molar-refractivity contribution in [3.63, 3.8) is 0 Å². The molecule has 72 valence electrons. The van der Waals surface area contributed by atoms with E-state index < -0.39 is 0 Å². The zero-order valence-corrected chi connectivity index (χ0v) is 8.25. The molecule has 0 bridgehead atoms. The fourth-order valence-corrected chi connectivity index (χ4v) is 2.52. The van der Waals surface area contributed by atoms with Gasteiger partial charge in [-0.05, 0) is 29.6 Å². The summed E-state index contributed by atoms with van der Waals surface area (Å²) in [6, 6.07) is 0. The van der Waals surface area contributed by atoms with Gasteiger partial charge in [-0.25, -0.2) is 0 Å². The van der Waals surface area contributed by atoms with Crippen LogP contribution in [0.1, 0.15) is 27.2 Å². The molecule has 1 fully saturated rings. The minimum atomic E-state index is 0.258. The van der Waals surface area contributed by atoms with E-state index in [2.05, 4.69) is 20.8 Å². The molecule has 0 aromatic rings. The van der Waals surface area contributed by atoms with Gasteiger partial charge < -0.3 is 10.2 Å². The van der Waals surface area contributed by atoms with Crippen molar-refractivity contribution in [1.29, 1.82) is 0 Å². The predicted octanol–water partition coefficient (Wildman–Crippen LogP) is 1.27. The van der Waals surface area contributed by atoms with Crippen LogP contribution in [0.4, 0.5) is 0 Å². The smallest absolute Gasteiger partial charge is 0.0464 e. The summed E-state index contributed by atoms with van der Waals surface area (Å²) in [5.41, 5.74) is 0.285. The topological polar surface area (TPSA) is 40.5 Å². The first-order chi connectivity index (χ1) is 5.52. The number of hydrogen-bond acceptors (Lipinski definition) is 2. The highest BCUT2D eigenvalue weighted by Gasteiger charge is 2.54. The van der Waals surface area contributed by atoms with Gasteiger partial charge in [-0.2, -0.15) is 0 Å². The average Bonchev–Trinajstić information content (AvgIpc) is 2.61. The fraction of sp³-hybridized carbons (Fsp3) is 1.00. The van der Waals surface area contributed by atoms with Crippen LogP contribution in [0, 0.1) is 23.2 Å². The van der Waals surface area contributed by atoms with Crippen LogP contribution in [0.3, 0.4) is 0 Å². The number of rotatable bonds is 3. The first-order valence-corrected chi connectivity index (χ1v) is 4.74. The van der Waals surface area contributed by atoms with Crippen molar-refractivity contribution in [2.45, 2.75) is 27.2 Å². The summed E-state index contributed by atoms with van der Waals surface area (Å²) in [6.45, 7) is 7.16. The van der Waals surface area contributed by atoms with Crippen molar-refractivity contribution in [3.8, 4) is 0 Å². The SMILES string of the molecule is CC(C)(C)[C@@H]1C(CCO)[C@@H]1CO. The van der Waals surface area contributed by atoms with Crippen molar-refractivity contribution >= 4 is 0 Å². The highest BCUT2D eigenvalue weighted by atomic mass is 16.3. The summed E-state index contributed by atoms with van der Waals surface area (Å²) in [6.07, 6.45) is 0.854. The van der Waals surface area contributed by atoms with Crippen LogP contribution in [0.2, 0.25) is 0 Å². The molecule has 1 aliphatic carbocycles. The Morgan fingerprint density at radius 3 is 1.92 bits per heavy atom. The summed E-state index contributed by atoms with van der Waals surface area (Å²) in [7, 11) is 0. The minimum absolute atomic E-state index is 0.258. The van der Waals surface area contributed by atoms with E-state index in [1.807, 2.05) is 0 Å². The Hall–Kier alpha value is -0.0800. The van der Waals surface area contributed by atoms with Gasteiger partial charge in [0.2, 0.25) is 0 Å². The van der Waals surface area contributed by atoms with Crippen LogP contribution in [-0.2, 0) is 0 Å². The Kier molecular flexibility index (Phi) is 2.79. The maximum atomic E-state index is 9.06. The van der Waals surface area contributed by atoms with E-state index >= 15 is 0 Å². The molecule has 0 aliphatic heterocycles. The van der Waals surface area contributed by atoms with E-state index in [0.29, 0.717) is 17.8 Å². The van der Waals surface area contributed by atoms with Crippen LogP contribution >= 0.6 is 0 Å². The third kappa shape index (κ3) is 1.80. The van der Waals surface area contributed by atoms with E-state index in [1.54, 1.807) is 0 Å². The number of aliphatic hydroxyl groups is 2. The van der Waals surface area contributed by atoms with E-state index in [0.717, 1.165) is 6.42 Å². The minimum Gasteiger partial charge on any atom is -0.396 e.